The molecule has 0 unspecified atom stereocenters. The maximum absolute atomic E-state index is 5.04. The van der Waals surface area contributed by atoms with Crippen molar-refractivity contribution in [3.63, 3.8) is 0 Å². The monoisotopic (exact) mass is 739 g/mol. The minimum absolute atomic E-state index is 0.638. The van der Waals surface area contributed by atoms with Crippen LogP contribution in [0.2, 0.25) is 0 Å². The molecule has 3 heterocycles. The molecule has 12 aromatic rings. The average Bonchev–Trinajstić information content (AvgIpc) is 3.81. The van der Waals surface area contributed by atoms with Gasteiger partial charge in [-0.25, -0.2) is 15.0 Å². The van der Waals surface area contributed by atoms with Crippen LogP contribution in [0.5, 0.6) is 0 Å². The Morgan fingerprint density at radius 3 is 1.43 bits per heavy atom. The second-order valence-corrected chi connectivity index (χ2v) is 14.8. The molecule has 270 valence electrons. The van der Waals surface area contributed by atoms with Crippen LogP contribution in [0, 0.1) is 0 Å². The third kappa shape index (κ3) is 5.00. The van der Waals surface area contributed by atoms with Crippen LogP contribution in [0.15, 0.2) is 200 Å². The quantitative estimate of drug-likeness (QED) is 0.177. The van der Waals surface area contributed by atoms with Crippen LogP contribution in [0.4, 0.5) is 0 Å². The van der Waals surface area contributed by atoms with E-state index in [-0.39, 0.29) is 0 Å². The van der Waals surface area contributed by atoms with Gasteiger partial charge in [-0.05, 0) is 58.6 Å². The van der Waals surface area contributed by atoms with E-state index in [1.807, 2.05) is 60.7 Å². The Hall–Kier alpha value is -7.89. The number of fused-ring (bicyclic) bond motifs is 8. The van der Waals surface area contributed by atoms with Crippen LogP contribution >= 0.6 is 0 Å². The summed E-state index contributed by atoms with van der Waals surface area (Å²) in [4.78, 5) is 15.0. The van der Waals surface area contributed by atoms with Gasteiger partial charge in [0, 0.05) is 49.3 Å². The van der Waals surface area contributed by atoms with Gasteiger partial charge in [-0.1, -0.05) is 158 Å². The molecule has 0 saturated heterocycles. The van der Waals surface area contributed by atoms with Crippen molar-refractivity contribution in [3.05, 3.63) is 200 Å². The number of nitrogens with zero attached hydrogens (tertiary/aromatic N) is 5. The number of hydrogen-bond acceptors (Lipinski definition) is 3. The topological polar surface area (TPSA) is 48.5 Å². The van der Waals surface area contributed by atoms with Crippen LogP contribution in [-0.2, 0) is 0 Å². The molecule has 0 amide bonds. The molecule has 0 aliphatic heterocycles. The summed E-state index contributed by atoms with van der Waals surface area (Å²) in [6.07, 6.45) is 0. The molecule has 0 N–H and O–H groups in total. The van der Waals surface area contributed by atoms with Crippen LogP contribution < -0.4 is 0 Å². The van der Waals surface area contributed by atoms with E-state index < -0.39 is 0 Å². The smallest absolute Gasteiger partial charge is 0.164 e. The van der Waals surface area contributed by atoms with Crippen LogP contribution in [-0.4, -0.2) is 24.1 Å². The van der Waals surface area contributed by atoms with Gasteiger partial charge in [0.25, 0.3) is 0 Å². The zero-order valence-corrected chi connectivity index (χ0v) is 31.3. The first kappa shape index (κ1) is 32.4. The molecule has 0 bridgehead atoms. The molecule has 5 heteroatoms. The predicted molar refractivity (Wildman–Crippen MR) is 240 cm³/mol. The van der Waals surface area contributed by atoms with Crippen LogP contribution in [0.1, 0.15) is 0 Å². The van der Waals surface area contributed by atoms with E-state index in [2.05, 4.69) is 149 Å². The number of aromatic nitrogens is 5. The van der Waals surface area contributed by atoms with Crippen LogP contribution in [0.3, 0.4) is 0 Å². The molecule has 0 aliphatic rings. The number of rotatable bonds is 5. The predicted octanol–water partition coefficient (Wildman–Crippen LogP) is 13.4. The molecule has 0 aliphatic carbocycles. The van der Waals surface area contributed by atoms with Gasteiger partial charge in [0.2, 0.25) is 0 Å². The molecular weight excluding hydrogens is 707 g/mol. The first-order chi connectivity index (χ1) is 28.8. The molecule has 0 atom stereocenters. The van der Waals surface area contributed by atoms with E-state index in [1.54, 1.807) is 0 Å². The highest BCUT2D eigenvalue weighted by molar-refractivity contribution is 6.22. The van der Waals surface area contributed by atoms with Crippen molar-refractivity contribution in [2.45, 2.75) is 0 Å². The van der Waals surface area contributed by atoms with Gasteiger partial charge in [0.05, 0.1) is 27.8 Å². The van der Waals surface area contributed by atoms with Crippen molar-refractivity contribution in [3.8, 4) is 45.5 Å². The Labute approximate surface area is 333 Å². The van der Waals surface area contributed by atoms with Gasteiger partial charge >= 0.3 is 0 Å². The van der Waals surface area contributed by atoms with E-state index in [0.717, 1.165) is 44.2 Å². The van der Waals surface area contributed by atoms with Gasteiger partial charge in [-0.3, -0.25) is 0 Å². The lowest BCUT2D eigenvalue weighted by Gasteiger charge is -2.15. The highest BCUT2D eigenvalue weighted by atomic mass is 15.0. The summed E-state index contributed by atoms with van der Waals surface area (Å²) >= 11 is 0. The summed E-state index contributed by atoms with van der Waals surface area (Å²) in [5.41, 5.74) is 9.82. The van der Waals surface area contributed by atoms with Crippen molar-refractivity contribution in [1.82, 2.24) is 24.1 Å². The Morgan fingerprint density at radius 1 is 0.293 bits per heavy atom. The van der Waals surface area contributed by atoms with Crippen LogP contribution in [0.25, 0.3) is 111 Å². The summed E-state index contributed by atoms with van der Waals surface area (Å²) in [7, 11) is 0. The summed E-state index contributed by atoms with van der Waals surface area (Å²) < 4.78 is 4.92. The van der Waals surface area contributed by atoms with Gasteiger partial charge in [0.15, 0.2) is 17.5 Å². The fourth-order valence-electron chi connectivity index (χ4n) is 8.89. The number of para-hydroxylation sites is 3. The van der Waals surface area contributed by atoms with Crippen molar-refractivity contribution < 1.29 is 0 Å². The van der Waals surface area contributed by atoms with Crippen molar-refractivity contribution >= 4 is 65.2 Å². The molecule has 58 heavy (non-hydrogen) atoms. The van der Waals surface area contributed by atoms with E-state index >= 15 is 0 Å². The lowest BCUT2D eigenvalue weighted by molar-refractivity contribution is 1.07. The van der Waals surface area contributed by atoms with E-state index in [0.29, 0.717) is 17.5 Å². The molecular formula is C53H33N5. The molecule has 12 rings (SSSR count). The molecule has 9 aromatic carbocycles. The summed E-state index contributed by atoms with van der Waals surface area (Å²) in [6.45, 7) is 0. The fourth-order valence-corrected chi connectivity index (χ4v) is 8.89. The first-order valence-corrected chi connectivity index (χ1v) is 19.6. The maximum Gasteiger partial charge on any atom is 0.164 e. The molecule has 0 spiro atoms. The number of benzene rings is 9. The SMILES string of the molecule is c1ccc(-c2nc(-c3ccccc3)nc(-c3ccc4ccc(-n5c6ccccc6c6c(-n7c8ccccc8c8ccccc87)c7ccccc7cc65)cc4c3)n2)cc1. The zero-order chi connectivity index (χ0) is 38.2. The van der Waals surface area contributed by atoms with E-state index in [4.69, 9.17) is 15.0 Å². The average molecular weight is 740 g/mol. The van der Waals surface area contributed by atoms with Gasteiger partial charge in [-0.2, -0.15) is 0 Å². The van der Waals surface area contributed by atoms with Gasteiger partial charge in [-0.15, -0.1) is 0 Å². The normalized spacial score (nSPS) is 11.8. The molecule has 0 fully saturated rings. The Morgan fingerprint density at radius 2 is 0.793 bits per heavy atom. The molecule has 5 nitrogen and oxygen atoms in total. The maximum atomic E-state index is 5.04. The lowest BCUT2D eigenvalue weighted by atomic mass is 10.0. The second kappa shape index (κ2) is 12.8. The minimum Gasteiger partial charge on any atom is -0.309 e. The first-order valence-electron chi connectivity index (χ1n) is 19.6. The lowest BCUT2D eigenvalue weighted by Crippen LogP contribution is -2.00. The van der Waals surface area contributed by atoms with E-state index in [1.165, 1.54) is 49.0 Å². The minimum atomic E-state index is 0.638. The third-order valence-corrected chi connectivity index (χ3v) is 11.5. The molecule has 3 aromatic heterocycles. The van der Waals surface area contributed by atoms with Gasteiger partial charge < -0.3 is 9.13 Å². The third-order valence-electron chi connectivity index (χ3n) is 11.5. The Balaban J connectivity index is 1.10. The summed E-state index contributed by atoms with van der Waals surface area (Å²) in [6, 6.07) is 71.1. The summed E-state index contributed by atoms with van der Waals surface area (Å²) in [5.74, 6) is 1.93. The molecule has 0 radical (unpaired) electrons. The Bertz CT molecular complexity index is 3450. The highest BCUT2D eigenvalue weighted by Gasteiger charge is 2.22. The van der Waals surface area contributed by atoms with Gasteiger partial charge in [0.1, 0.15) is 0 Å². The van der Waals surface area contributed by atoms with E-state index in [9.17, 15) is 0 Å². The largest absolute Gasteiger partial charge is 0.309 e. The fraction of sp³-hybridized carbons (Fsp3) is 0. The zero-order valence-electron chi connectivity index (χ0n) is 31.3. The van der Waals surface area contributed by atoms with Crippen molar-refractivity contribution in [2.75, 3.05) is 0 Å². The highest BCUT2D eigenvalue weighted by Crippen LogP contribution is 2.43. The second-order valence-electron chi connectivity index (χ2n) is 14.8. The number of hydrogen-bond donors (Lipinski definition) is 0. The van der Waals surface area contributed by atoms with Crippen molar-refractivity contribution in [1.29, 1.82) is 0 Å². The molecule has 0 saturated carbocycles. The Kier molecular flexibility index (Phi) is 7.16. The van der Waals surface area contributed by atoms with Crippen molar-refractivity contribution in [2.24, 2.45) is 0 Å². The summed E-state index contributed by atoms with van der Waals surface area (Å²) in [5, 5.41) is 9.59. The standard InChI is InChI=1S/C53H33N5/c1-3-15-35(16-4-1)51-54-52(36-17-5-2-6-18-36)56-53(55-51)38-28-27-34-29-30-40(32-39(34)31-38)57-47-26-14-11-23-44(47)49-48(57)33-37-19-7-8-20-41(37)50(49)58-45-24-12-9-21-42(45)43-22-10-13-25-46(43)58/h1-33H.